The molecule has 5 nitrogen and oxygen atoms in total. The van der Waals surface area contributed by atoms with E-state index in [1.165, 1.54) is 0 Å². The molecule has 2 aliphatic heterocycles. The Labute approximate surface area is 118 Å². The molecule has 0 bridgehead atoms. The van der Waals surface area contributed by atoms with Gasteiger partial charge in [-0.05, 0) is 43.4 Å². The summed E-state index contributed by atoms with van der Waals surface area (Å²) in [7, 11) is 0. The first-order chi connectivity index (χ1) is 9.83. The van der Waals surface area contributed by atoms with E-state index in [-0.39, 0.29) is 12.7 Å². The Hall–Kier alpha value is -1.75. The number of benzene rings is 1. The number of ether oxygens (including phenoxy) is 3. The first-order valence-corrected chi connectivity index (χ1v) is 7.08. The van der Waals surface area contributed by atoms with Crippen molar-refractivity contribution < 1.29 is 19.0 Å². The van der Waals surface area contributed by atoms with E-state index in [9.17, 15) is 4.79 Å². The van der Waals surface area contributed by atoms with E-state index >= 15 is 0 Å². The summed E-state index contributed by atoms with van der Waals surface area (Å²) in [5.74, 6) is 1.95. The monoisotopic (exact) mass is 277 g/mol. The van der Waals surface area contributed by atoms with E-state index in [0.29, 0.717) is 29.5 Å². The highest BCUT2D eigenvalue weighted by Gasteiger charge is 2.17. The zero-order valence-electron chi connectivity index (χ0n) is 11.4. The molecule has 1 fully saturated rings. The van der Waals surface area contributed by atoms with E-state index in [1.807, 2.05) is 0 Å². The molecule has 1 saturated heterocycles. The molecule has 5 heteroatoms. The van der Waals surface area contributed by atoms with Gasteiger partial charge in [-0.25, -0.2) is 0 Å². The van der Waals surface area contributed by atoms with Gasteiger partial charge in [0, 0.05) is 25.3 Å². The van der Waals surface area contributed by atoms with Crippen LogP contribution in [0.5, 0.6) is 11.5 Å². The second-order valence-electron chi connectivity index (χ2n) is 5.17. The summed E-state index contributed by atoms with van der Waals surface area (Å²) >= 11 is 0. The van der Waals surface area contributed by atoms with Crippen LogP contribution in [0.25, 0.3) is 0 Å². The maximum atomic E-state index is 12.1. The Kier molecular flexibility index (Phi) is 4.06. The maximum absolute atomic E-state index is 12.1. The van der Waals surface area contributed by atoms with E-state index in [2.05, 4.69) is 5.32 Å². The minimum absolute atomic E-state index is 0.0599. The molecule has 0 saturated carbocycles. The Balaban J connectivity index is 1.49. The van der Waals surface area contributed by atoms with Crippen molar-refractivity contribution in [2.75, 3.05) is 26.6 Å². The summed E-state index contributed by atoms with van der Waals surface area (Å²) < 4.78 is 15.8. The van der Waals surface area contributed by atoms with Crippen LogP contribution in [0.2, 0.25) is 0 Å². The molecule has 2 aliphatic rings. The van der Waals surface area contributed by atoms with Crippen LogP contribution >= 0.6 is 0 Å². The van der Waals surface area contributed by atoms with Gasteiger partial charge in [-0.2, -0.15) is 0 Å². The fraction of sp³-hybridized carbons (Fsp3) is 0.533. The summed E-state index contributed by atoms with van der Waals surface area (Å²) in [6.45, 7) is 2.63. The normalized spacial score (nSPS) is 18.0. The first kappa shape index (κ1) is 13.2. The van der Waals surface area contributed by atoms with Crippen molar-refractivity contribution in [3.63, 3.8) is 0 Å². The second kappa shape index (κ2) is 6.13. The molecule has 0 aromatic heterocycles. The van der Waals surface area contributed by atoms with Gasteiger partial charge in [0.15, 0.2) is 11.5 Å². The molecular weight excluding hydrogens is 258 g/mol. The molecule has 0 unspecified atom stereocenters. The number of nitrogens with one attached hydrogen (secondary N) is 1. The van der Waals surface area contributed by atoms with Crippen molar-refractivity contribution in [1.29, 1.82) is 0 Å². The highest BCUT2D eigenvalue weighted by molar-refractivity contribution is 5.94. The van der Waals surface area contributed by atoms with Crippen molar-refractivity contribution >= 4 is 5.91 Å². The Bertz CT molecular complexity index is 483. The third kappa shape index (κ3) is 3.04. The number of carbonyl (C=O) groups excluding carboxylic acids is 1. The molecule has 0 spiro atoms. The standard InChI is InChI=1S/C15H19NO4/c17-15(16-6-3-11-4-7-18-8-5-11)12-1-2-13-14(9-12)20-10-19-13/h1-2,9,11H,3-8,10H2,(H,16,17). The van der Waals surface area contributed by atoms with Crippen LogP contribution in [0.1, 0.15) is 29.6 Å². The van der Waals surface area contributed by atoms with Crippen LogP contribution in [0.15, 0.2) is 18.2 Å². The van der Waals surface area contributed by atoms with Gasteiger partial charge < -0.3 is 19.5 Å². The average molecular weight is 277 g/mol. The summed E-state index contributed by atoms with van der Waals surface area (Å²) in [6.07, 6.45) is 3.21. The van der Waals surface area contributed by atoms with Gasteiger partial charge in [-0.15, -0.1) is 0 Å². The minimum atomic E-state index is -0.0599. The second-order valence-corrected chi connectivity index (χ2v) is 5.17. The molecule has 0 radical (unpaired) electrons. The van der Waals surface area contributed by atoms with Gasteiger partial charge in [0.1, 0.15) is 0 Å². The lowest BCUT2D eigenvalue weighted by Gasteiger charge is -2.21. The van der Waals surface area contributed by atoms with Crippen molar-refractivity contribution in [3.8, 4) is 11.5 Å². The molecule has 1 N–H and O–H groups in total. The summed E-state index contributed by atoms with van der Waals surface area (Å²) in [5.41, 5.74) is 0.612. The van der Waals surface area contributed by atoms with Crippen molar-refractivity contribution in [3.05, 3.63) is 23.8 Å². The van der Waals surface area contributed by atoms with E-state index in [1.54, 1.807) is 18.2 Å². The lowest BCUT2D eigenvalue weighted by molar-refractivity contribution is 0.0636. The highest BCUT2D eigenvalue weighted by atomic mass is 16.7. The molecule has 20 heavy (non-hydrogen) atoms. The molecule has 1 aromatic rings. The Morgan fingerprint density at radius 1 is 1.20 bits per heavy atom. The topological polar surface area (TPSA) is 56.8 Å². The van der Waals surface area contributed by atoms with Crippen LogP contribution in [0.4, 0.5) is 0 Å². The molecule has 1 aromatic carbocycles. The number of rotatable bonds is 4. The molecule has 108 valence electrons. The van der Waals surface area contributed by atoms with Gasteiger partial charge >= 0.3 is 0 Å². The molecule has 0 aliphatic carbocycles. The maximum Gasteiger partial charge on any atom is 0.251 e. The molecule has 1 amide bonds. The Morgan fingerprint density at radius 2 is 2.00 bits per heavy atom. The van der Waals surface area contributed by atoms with Crippen molar-refractivity contribution in [2.24, 2.45) is 5.92 Å². The fourth-order valence-electron chi connectivity index (χ4n) is 2.56. The Morgan fingerprint density at radius 3 is 2.85 bits per heavy atom. The number of fused-ring (bicyclic) bond motifs is 1. The lowest BCUT2D eigenvalue weighted by atomic mass is 9.97. The third-order valence-electron chi connectivity index (χ3n) is 3.81. The van der Waals surface area contributed by atoms with Crippen LogP contribution in [-0.4, -0.2) is 32.5 Å². The highest BCUT2D eigenvalue weighted by Crippen LogP contribution is 2.32. The summed E-state index contributed by atoms with van der Waals surface area (Å²) in [4.78, 5) is 12.1. The fourth-order valence-corrected chi connectivity index (χ4v) is 2.56. The van der Waals surface area contributed by atoms with E-state index < -0.39 is 0 Å². The average Bonchev–Trinajstić information content (AvgIpc) is 2.95. The van der Waals surface area contributed by atoms with Crippen molar-refractivity contribution in [2.45, 2.75) is 19.3 Å². The smallest absolute Gasteiger partial charge is 0.251 e. The van der Waals surface area contributed by atoms with Crippen LogP contribution < -0.4 is 14.8 Å². The lowest BCUT2D eigenvalue weighted by Crippen LogP contribution is -2.27. The largest absolute Gasteiger partial charge is 0.454 e. The van der Waals surface area contributed by atoms with Gasteiger partial charge in [0.05, 0.1) is 0 Å². The third-order valence-corrected chi connectivity index (χ3v) is 3.81. The molecule has 2 heterocycles. The van der Waals surface area contributed by atoms with E-state index in [0.717, 1.165) is 32.5 Å². The zero-order chi connectivity index (χ0) is 13.8. The summed E-state index contributed by atoms with van der Waals surface area (Å²) in [6, 6.07) is 5.26. The van der Waals surface area contributed by atoms with Gasteiger partial charge in [-0.3, -0.25) is 4.79 Å². The zero-order valence-corrected chi connectivity index (χ0v) is 11.4. The van der Waals surface area contributed by atoms with E-state index in [4.69, 9.17) is 14.2 Å². The van der Waals surface area contributed by atoms with Crippen LogP contribution in [0, 0.1) is 5.92 Å². The predicted octanol–water partition coefficient (Wildman–Crippen LogP) is 1.96. The number of hydrogen-bond acceptors (Lipinski definition) is 4. The number of carbonyl (C=O) groups is 1. The summed E-state index contributed by atoms with van der Waals surface area (Å²) in [5, 5.41) is 2.96. The van der Waals surface area contributed by atoms with Gasteiger partial charge in [0.2, 0.25) is 6.79 Å². The quantitative estimate of drug-likeness (QED) is 0.914. The predicted molar refractivity (Wildman–Crippen MR) is 73.1 cm³/mol. The van der Waals surface area contributed by atoms with Crippen LogP contribution in [0.3, 0.4) is 0 Å². The van der Waals surface area contributed by atoms with Gasteiger partial charge in [0.25, 0.3) is 5.91 Å². The first-order valence-electron chi connectivity index (χ1n) is 7.08. The molecule has 3 rings (SSSR count). The minimum Gasteiger partial charge on any atom is -0.454 e. The molecule has 0 atom stereocenters. The van der Waals surface area contributed by atoms with Crippen molar-refractivity contribution in [1.82, 2.24) is 5.32 Å². The SMILES string of the molecule is O=C(NCCC1CCOCC1)c1ccc2c(c1)OCO2. The number of hydrogen-bond donors (Lipinski definition) is 1. The number of amides is 1. The van der Waals surface area contributed by atoms with Crippen LogP contribution in [-0.2, 0) is 4.74 Å². The van der Waals surface area contributed by atoms with Gasteiger partial charge in [-0.1, -0.05) is 0 Å². The molecular formula is C15H19NO4.